The van der Waals surface area contributed by atoms with E-state index in [2.05, 4.69) is 5.32 Å². The highest BCUT2D eigenvalue weighted by atomic mass is 35.5. The van der Waals surface area contributed by atoms with Gasteiger partial charge >= 0.3 is 0 Å². The van der Waals surface area contributed by atoms with E-state index in [-0.39, 0.29) is 17.9 Å². The van der Waals surface area contributed by atoms with Gasteiger partial charge in [0.15, 0.2) is 0 Å². The van der Waals surface area contributed by atoms with E-state index in [4.69, 9.17) is 23.2 Å². The van der Waals surface area contributed by atoms with Crippen LogP contribution in [-0.4, -0.2) is 5.91 Å². The van der Waals surface area contributed by atoms with Crippen LogP contribution in [0.1, 0.15) is 44.2 Å². The number of carbonyl (C=O) groups excluding carboxylic acids is 1. The van der Waals surface area contributed by atoms with E-state index in [0.717, 1.165) is 31.2 Å². The van der Waals surface area contributed by atoms with Gasteiger partial charge in [-0.1, -0.05) is 42.1 Å². The molecule has 4 heteroatoms. The molecular formula is C14H17Cl2NO. The second-order valence-electron chi connectivity index (χ2n) is 4.88. The molecule has 0 spiro atoms. The first-order valence-electron chi connectivity index (χ1n) is 6.33. The second-order valence-corrected chi connectivity index (χ2v) is 5.72. The minimum Gasteiger partial charge on any atom is -0.349 e. The number of hydrogen-bond acceptors (Lipinski definition) is 1. The lowest BCUT2D eigenvalue weighted by atomic mass is 10.0. The molecule has 0 aromatic heterocycles. The lowest BCUT2D eigenvalue weighted by Crippen LogP contribution is -2.31. The lowest BCUT2D eigenvalue weighted by molar-refractivity contribution is -0.125. The van der Waals surface area contributed by atoms with Gasteiger partial charge in [-0.25, -0.2) is 0 Å². The fraction of sp³-hybridized carbons (Fsp3) is 0.500. The number of hydrogen-bond donors (Lipinski definition) is 1. The number of nitrogens with one attached hydrogen (secondary N) is 1. The van der Waals surface area contributed by atoms with Crippen molar-refractivity contribution in [1.82, 2.24) is 5.32 Å². The van der Waals surface area contributed by atoms with Crippen molar-refractivity contribution in [3.05, 3.63) is 33.8 Å². The molecule has 1 aromatic carbocycles. The van der Waals surface area contributed by atoms with Crippen molar-refractivity contribution >= 4 is 29.1 Å². The van der Waals surface area contributed by atoms with Crippen LogP contribution < -0.4 is 5.32 Å². The predicted octanol–water partition coefficient (Wildman–Crippen LogP) is 4.36. The normalized spacial score (nSPS) is 17.7. The van der Waals surface area contributed by atoms with E-state index in [0.29, 0.717) is 10.0 Å². The summed E-state index contributed by atoms with van der Waals surface area (Å²) in [4.78, 5) is 12.0. The van der Waals surface area contributed by atoms with Gasteiger partial charge in [0.25, 0.3) is 0 Å². The number of carbonyl (C=O) groups is 1. The van der Waals surface area contributed by atoms with E-state index < -0.39 is 0 Å². The molecule has 0 unspecified atom stereocenters. The number of benzene rings is 1. The van der Waals surface area contributed by atoms with Gasteiger partial charge in [0.1, 0.15) is 0 Å². The van der Waals surface area contributed by atoms with Crippen molar-refractivity contribution < 1.29 is 4.79 Å². The molecule has 18 heavy (non-hydrogen) atoms. The van der Waals surface area contributed by atoms with Crippen molar-refractivity contribution in [2.45, 2.75) is 38.6 Å². The third-order valence-electron chi connectivity index (χ3n) is 3.51. The summed E-state index contributed by atoms with van der Waals surface area (Å²) in [7, 11) is 0. The van der Waals surface area contributed by atoms with E-state index >= 15 is 0 Å². The van der Waals surface area contributed by atoms with E-state index in [1.54, 1.807) is 12.1 Å². The molecule has 0 radical (unpaired) electrons. The summed E-state index contributed by atoms with van der Waals surface area (Å²) in [5, 5.41) is 4.24. The molecular weight excluding hydrogens is 269 g/mol. The van der Waals surface area contributed by atoms with Gasteiger partial charge in [0.05, 0.1) is 6.04 Å². The quantitative estimate of drug-likeness (QED) is 0.878. The Balaban J connectivity index is 2.02. The maximum Gasteiger partial charge on any atom is 0.223 e. The number of halogens is 2. The van der Waals surface area contributed by atoms with Crippen molar-refractivity contribution in [1.29, 1.82) is 0 Å². The van der Waals surface area contributed by atoms with Crippen LogP contribution in [0.2, 0.25) is 10.0 Å². The summed E-state index contributed by atoms with van der Waals surface area (Å²) in [6.07, 6.45) is 4.34. The SMILES string of the molecule is C[C@@H](NC(=O)C1CCCC1)c1ccc(Cl)cc1Cl. The highest BCUT2D eigenvalue weighted by Crippen LogP contribution is 2.28. The zero-order valence-corrected chi connectivity index (χ0v) is 11.9. The van der Waals surface area contributed by atoms with Gasteiger partial charge in [-0.3, -0.25) is 4.79 Å². The molecule has 1 atom stereocenters. The third kappa shape index (κ3) is 3.18. The topological polar surface area (TPSA) is 29.1 Å². The van der Waals surface area contributed by atoms with Crippen LogP contribution in [-0.2, 0) is 4.79 Å². The molecule has 1 aliphatic carbocycles. The fourth-order valence-corrected chi connectivity index (χ4v) is 3.02. The standard InChI is InChI=1S/C14H17Cl2NO/c1-9(12-7-6-11(15)8-13(12)16)17-14(18)10-4-2-3-5-10/h6-10H,2-5H2,1H3,(H,17,18)/t9-/m1/s1. The molecule has 0 aliphatic heterocycles. The Morgan fingerprint density at radius 2 is 2.00 bits per heavy atom. The Kier molecular flexibility index (Phi) is 4.52. The average Bonchev–Trinajstić information content (AvgIpc) is 2.81. The molecule has 1 saturated carbocycles. The van der Waals surface area contributed by atoms with Crippen LogP contribution in [0.3, 0.4) is 0 Å². The zero-order chi connectivity index (χ0) is 13.1. The molecule has 98 valence electrons. The average molecular weight is 286 g/mol. The fourth-order valence-electron chi connectivity index (χ4n) is 2.45. The predicted molar refractivity (Wildman–Crippen MR) is 75.0 cm³/mol. The molecule has 1 aromatic rings. The van der Waals surface area contributed by atoms with Crippen LogP contribution >= 0.6 is 23.2 Å². The van der Waals surface area contributed by atoms with Crippen molar-refractivity contribution in [3.8, 4) is 0 Å². The van der Waals surface area contributed by atoms with Crippen molar-refractivity contribution in [3.63, 3.8) is 0 Å². The van der Waals surface area contributed by atoms with Gasteiger partial charge in [-0.2, -0.15) is 0 Å². The van der Waals surface area contributed by atoms with E-state index in [9.17, 15) is 4.79 Å². The summed E-state index contributed by atoms with van der Waals surface area (Å²) >= 11 is 12.0. The molecule has 0 bridgehead atoms. The maximum absolute atomic E-state index is 12.0. The van der Waals surface area contributed by atoms with Gasteiger partial charge < -0.3 is 5.32 Å². The van der Waals surface area contributed by atoms with E-state index in [1.807, 2.05) is 13.0 Å². The summed E-state index contributed by atoms with van der Waals surface area (Å²) in [6.45, 7) is 1.95. The smallest absolute Gasteiger partial charge is 0.223 e. The Bertz CT molecular complexity index is 441. The molecule has 0 saturated heterocycles. The molecule has 1 aliphatic rings. The summed E-state index contributed by atoms with van der Waals surface area (Å²) in [5.41, 5.74) is 0.910. The van der Waals surface area contributed by atoms with Crippen molar-refractivity contribution in [2.75, 3.05) is 0 Å². The Morgan fingerprint density at radius 1 is 1.33 bits per heavy atom. The molecule has 1 amide bonds. The van der Waals surface area contributed by atoms with Crippen LogP contribution in [0.5, 0.6) is 0 Å². The highest BCUT2D eigenvalue weighted by Gasteiger charge is 2.24. The minimum atomic E-state index is -0.0807. The number of rotatable bonds is 3. The van der Waals surface area contributed by atoms with E-state index in [1.165, 1.54) is 0 Å². The third-order valence-corrected chi connectivity index (χ3v) is 4.08. The highest BCUT2D eigenvalue weighted by molar-refractivity contribution is 6.35. The summed E-state index contributed by atoms with van der Waals surface area (Å²) < 4.78 is 0. The monoisotopic (exact) mass is 285 g/mol. The summed E-state index contributed by atoms with van der Waals surface area (Å²) in [6, 6.07) is 5.28. The first-order valence-corrected chi connectivity index (χ1v) is 7.09. The van der Waals surface area contributed by atoms with Crippen LogP contribution in [0.4, 0.5) is 0 Å². The molecule has 0 heterocycles. The summed E-state index contributed by atoms with van der Waals surface area (Å²) in [5.74, 6) is 0.324. The van der Waals surface area contributed by atoms with Gasteiger partial charge in [-0.15, -0.1) is 0 Å². The van der Waals surface area contributed by atoms with Gasteiger partial charge in [-0.05, 0) is 37.5 Å². The van der Waals surface area contributed by atoms with Crippen LogP contribution in [0.25, 0.3) is 0 Å². The second kappa shape index (κ2) is 5.94. The maximum atomic E-state index is 12.0. The van der Waals surface area contributed by atoms with Crippen molar-refractivity contribution in [2.24, 2.45) is 5.92 Å². The van der Waals surface area contributed by atoms with Gasteiger partial charge in [0.2, 0.25) is 5.91 Å². The Hall–Kier alpha value is -0.730. The Labute approximate surface area is 118 Å². The molecule has 1 fully saturated rings. The van der Waals surface area contributed by atoms with Crippen LogP contribution in [0.15, 0.2) is 18.2 Å². The molecule has 2 nitrogen and oxygen atoms in total. The van der Waals surface area contributed by atoms with Gasteiger partial charge in [0, 0.05) is 16.0 Å². The first kappa shape index (κ1) is 13.7. The number of amides is 1. The zero-order valence-electron chi connectivity index (χ0n) is 10.4. The molecule has 2 rings (SSSR count). The first-order chi connectivity index (χ1) is 8.58. The molecule has 1 N–H and O–H groups in total. The largest absolute Gasteiger partial charge is 0.349 e. The van der Waals surface area contributed by atoms with Crippen LogP contribution in [0, 0.1) is 5.92 Å². The Morgan fingerprint density at radius 3 is 2.61 bits per heavy atom. The lowest BCUT2D eigenvalue weighted by Gasteiger charge is -2.18. The minimum absolute atomic E-state index is 0.0807.